The zero-order valence-electron chi connectivity index (χ0n) is 10.1. The third kappa shape index (κ3) is 2.47. The Labute approximate surface area is 100 Å². The lowest BCUT2D eigenvalue weighted by molar-refractivity contribution is 0.00353. The molecule has 1 aromatic rings. The Hall–Kier alpha value is -1.42. The van der Waals surface area contributed by atoms with Crippen LogP contribution in [-0.2, 0) is 4.74 Å². The minimum absolute atomic E-state index is 0.0407. The first-order valence-electron chi connectivity index (χ1n) is 5.74. The fourth-order valence-corrected chi connectivity index (χ4v) is 2.01. The van der Waals surface area contributed by atoms with Gasteiger partial charge in [0.05, 0.1) is 19.3 Å². The van der Waals surface area contributed by atoms with Gasteiger partial charge in [-0.1, -0.05) is 6.07 Å². The molecule has 0 bridgehead atoms. The van der Waals surface area contributed by atoms with Crippen molar-refractivity contribution in [3.05, 3.63) is 35.1 Å². The number of benzene rings is 1. The maximum absolute atomic E-state index is 13.2. The number of amides is 1. The second-order valence-electron chi connectivity index (χ2n) is 4.38. The lowest BCUT2D eigenvalue weighted by atomic mass is 10.1. The Morgan fingerprint density at radius 3 is 3.00 bits per heavy atom. The Bertz CT molecular complexity index is 433. The lowest BCUT2D eigenvalue weighted by Gasteiger charge is -2.33. The van der Waals surface area contributed by atoms with Gasteiger partial charge in [-0.2, -0.15) is 0 Å². The summed E-state index contributed by atoms with van der Waals surface area (Å²) in [5.41, 5.74) is 1.24. The first-order chi connectivity index (χ1) is 8.09. The molecule has 17 heavy (non-hydrogen) atoms. The molecule has 1 unspecified atom stereocenters. The zero-order chi connectivity index (χ0) is 12.4. The highest BCUT2D eigenvalue weighted by molar-refractivity contribution is 5.95. The van der Waals surface area contributed by atoms with E-state index in [1.165, 1.54) is 12.1 Å². The largest absolute Gasteiger partial charge is 0.377 e. The van der Waals surface area contributed by atoms with Gasteiger partial charge in [-0.25, -0.2) is 4.39 Å². The molecule has 1 aromatic carbocycles. The van der Waals surface area contributed by atoms with E-state index in [-0.39, 0.29) is 17.8 Å². The van der Waals surface area contributed by atoms with Crippen LogP contribution in [0.15, 0.2) is 18.2 Å². The summed E-state index contributed by atoms with van der Waals surface area (Å²) >= 11 is 0. The maximum atomic E-state index is 13.2. The van der Waals surface area contributed by atoms with Gasteiger partial charge >= 0.3 is 0 Å². The lowest BCUT2D eigenvalue weighted by Crippen LogP contribution is -2.47. The quantitative estimate of drug-likeness (QED) is 0.747. The number of ether oxygens (including phenoxy) is 1. The molecule has 1 aliphatic heterocycles. The first-order valence-corrected chi connectivity index (χ1v) is 5.74. The Morgan fingerprint density at radius 2 is 2.29 bits per heavy atom. The van der Waals surface area contributed by atoms with Crippen molar-refractivity contribution in [2.24, 2.45) is 0 Å². The van der Waals surface area contributed by atoms with Crippen molar-refractivity contribution in [1.29, 1.82) is 0 Å². The molecule has 3 nitrogen and oxygen atoms in total. The molecular weight excluding hydrogens is 221 g/mol. The molecule has 1 amide bonds. The van der Waals surface area contributed by atoms with Crippen molar-refractivity contribution < 1.29 is 13.9 Å². The van der Waals surface area contributed by atoms with Crippen LogP contribution >= 0.6 is 0 Å². The van der Waals surface area contributed by atoms with Gasteiger partial charge < -0.3 is 9.64 Å². The van der Waals surface area contributed by atoms with Crippen LogP contribution in [0.4, 0.5) is 4.39 Å². The number of morpholine rings is 1. The predicted octanol–water partition coefficient (Wildman–Crippen LogP) is 2.00. The molecule has 0 N–H and O–H groups in total. The molecule has 92 valence electrons. The number of rotatable bonds is 1. The van der Waals surface area contributed by atoms with Crippen LogP contribution in [0.25, 0.3) is 0 Å². The minimum atomic E-state index is -0.375. The highest BCUT2D eigenvalue weighted by Crippen LogP contribution is 2.16. The van der Waals surface area contributed by atoms with Crippen molar-refractivity contribution in [1.82, 2.24) is 4.90 Å². The highest BCUT2D eigenvalue weighted by Gasteiger charge is 2.25. The van der Waals surface area contributed by atoms with Crippen molar-refractivity contribution >= 4 is 5.91 Å². The molecule has 0 spiro atoms. The smallest absolute Gasteiger partial charge is 0.254 e. The molecule has 1 fully saturated rings. The summed E-state index contributed by atoms with van der Waals surface area (Å²) in [5.74, 6) is -0.488. The van der Waals surface area contributed by atoms with E-state index in [1.807, 2.05) is 13.8 Å². The van der Waals surface area contributed by atoms with Gasteiger partial charge in [0.1, 0.15) is 5.82 Å². The SMILES string of the molecule is Cc1ccc(F)cc1C(=O)N1CCOCC1C. The van der Waals surface area contributed by atoms with E-state index < -0.39 is 0 Å². The molecule has 0 radical (unpaired) electrons. The third-order valence-electron chi connectivity index (χ3n) is 3.06. The summed E-state index contributed by atoms with van der Waals surface area (Å²) in [6.07, 6.45) is 0. The molecule has 0 aromatic heterocycles. The molecule has 1 heterocycles. The number of carbonyl (C=O) groups is 1. The van der Waals surface area contributed by atoms with Gasteiger partial charge in [0.2, 0.25) is 0 Å². The van der Waals surface area contributed by atoms with Gasteiger partial charge in [-0.15, -0.1) is 0 Å². The van der Waals surface area contributed by atoms with E-state index >= 15 is 0 Å². The van der Waals surface area contributed by atoms with Gasteiger partial charge in [0.25, 0.3) is 5.91 Å². The number of hydrogen-bond acceptors (Lipinski definition) is 2. The van der Waals surface area contributed by atoms with Gasteiger partial charge in [-0.05, 0) is 31.5 Å². The van der Waals surface area contributed by atoms with Crippen LogP contribution < -0.4 is 0 Å². The topological polar surface area (TPSA) is 29.5 Å². The normalized spacial score (nSPS) is 20.4. The number of aryl methyl sites for hydroxylation is 1. The molecule has 1 saturated heterocycles. The second kappa shape index (κ2) is 4.84. The fraction of sp³-hybridized carbons (Fsp3) is 0.462. The molecule has 0 aliphatic carbocycles. The van der Waals surface area contributed by atoms with Gasteiger partial charge in [0.15, 0.2) is 0 Å². The van der Waals surface area contributed by atoms with E-state index in [0.29, 0.717) is 25.3 Å². The molecule has 0 saturated carbocycles. The Kier molecular flexibility index (Phi) is 3.43. The number of hydrogen-bond donors (Lipinski definition) is 0. The van der Waals surface area contributed by atoms with Crippen LogP contribution in [0, 0.1) is 12.7 Å². The van der Waals surface area contributed by atoms with Crippen molar-refractivity contribution in [2.45, 2.75) is 19.9 Å². The average Bonchev–Trinajstić information content (AvgIpc) is 2.32. The first kappa shape index (κ1) is 12.0. The van der Waals surface area contributed by atoms with Crippen LogP contribution in [0.5, 0.6) is 0 Å². The summed E-state index contributed by atoms with van der Waals surface area (Å²) < 4.78 is 18.5. The molecule has 2 rings (SSSR count). The Morgan fingerprint density at radius 1 is 1.53 bits per heavy atom. The average molecular weight is 237 g/mol. The minimum Gasteiger partial charge on any atom is -0.377 e. The van der Waals surface area contributed by atoms with Crippen LogP contribution in [-0.4, -0.2) is 36.6 Å². The van der Waals surface area contributed by atoms with E-state index in [1.54, 1.807) is 11.0 Å². The van der Waals surface area contributed by atoms with Crippen molar-refractivity contribution in [3.8, 4) is 0 Å². The summed E-state index contributed by atoms with van der Waals surface area (Å²) in [6, 6.07) is 4.35. The number of nitrogens with zero attached hydrogens (tertiary/aromatic N) is 1. The van der Waals surface area contributed by atoms with E-state index in [9.17, 15) is 9.18 Å². The van der Waals surface area contributed by atoms with E-state index in [2.05, 4.69) is 0 Å². The molecule has 1 atom stereocenters. The van der Waals surface area contributed by atoms with E-state index in [4.69, 9.17) is 4.74 Å². The number of carbonyl (C=O) groups excluding carboxylic acids is 1. The predicted molar refractivity (Wildman–Crippen MR) is 62.5 cm³/mol. The van der Waals surface area contributed by atoms with Crippen LogP contribution in [0.3, 0.4) is 0 Å². The zero-order valence-corrected chi connectivity index (χ0v) is 10.1. The highest BCUT2D eigenvalue weighted by atomic mass is 19.1. The standard InChI is InChI=1S/C13H16FNO2/c1-9-3-4-11(14)7-12(9)13(16)15-5-6-17-8-10(15)2/h3-4,7,10H,5-6,8H2,1-2H3. The van der Waals surface area contributed by atoms with Crippen molar-refractivity contribution in [3.63, 3.8) is 0 Å². The summed E-state index contributed by atoms with van der Waals surface area (Å²) in [5, 5.41) is 0. The molecule has 1 aliphatic rings. The summed E-state index contributed by atoms with van der Waals surface area (Å²) in [4.78, 5) is 14.0. The number of halogens is 1. The maximum Gasteiger partial charge on any atom is 0.254 e. The van der Waals surface area contributed by atoms with Crippen molar-refractivity contribution in [2.75, 3.05) is 19.8 Å². The molecule has 4 heteroatoms. The molecular formula is C13H16FNO2. The van der Waals surface area contributed by atoms with Crippen LogP contribution in [0.1, 0.15) is 22.8 Å². The second-order valence-corrected chi connectivity index (χ2v) is 4.38. The summed E-state index contributed by atoms with van der Waals surface area (Å²) in [6.45, 7) is 5.41. The summed E-state index contributed by atoms with van der Waals surface area (Å²) in [7, 11) is 0. The fourth-order valence-electron chi connectivity index (χ4n) is 2.01. The van der Waals surface area contributed by atoms with E-state index in [0.717, 1.165) is 5.56 Å². The third-order valence-corrected chi connectivity index (χ3v) is 3.06. The Balaban J connectivity index is 2.26. The van der Waals surface area contributed by atoms with Gasteiger partial charge in [0, 0.05) is 12.1 Å². The monoisotopic (exact) mass is 237 g/mol. The van der Waals surface area contributed by atoms with Gasteiger partial charge in [-0.3, -0.25) is 4.79 Å². The van der Waals surface area contributed by atoms with Crippen LogP contribution in [0.2, 0.25) is 0 Å².